The number of nitrogens with two attached hydrogens (primary N) is 1. The van der Waals surface area contributed by atoms with Crippen molar-refractivity contribution >= 4 is 5.69 Å². The fraction of sp³-hybridized carbons (Fsp3) is 0.333. The van der Waals surface area contributed by atoms with E-state index in [0.717, 1.165) is 17.8 Å². The maximum Gasteiger partial charge on any atom is 0.123 e. The van der Waals surface area contributed by atoms with Crippen molar-refractivity contribution in [3.05, 3.63) is 65.0 Å². The minimum absolute atomic E-state index is 0.0615. The summed E-state index contributed by atoms with van der Waals surface area (Å²) in [5, 5.41) is 0. The Bertz CT molecular complexity index is 572. The first-order valence-corrected chi connectivity index (χ1v) is 7.34. The van der Waals surface area contributed by atoms with Gasteiger partial charge in [-0.25, -0.2) is 4.39 Å². The number of halogens is 1. The van der Waals surface area contributed by atoms with Crippen molar-refractivity contribution < 1.29 is 4.39 Å². The van der Waals surface area contributed by atoms with Crippen molar-refractivity contribution in [1.29, 1.82) is 0 Å². The van der Waals surface area contributed by atoms with Crippen molar-refractivity contribution in [2.24, 2.45) is 5.73 Å². The van der Waals surface area contributed by atoms with Crippen molar-refractivity contribution in [3.63, 3.8) is 0 Å². The number of benzene rings is 2. The molecule has 0 amide bonds. The Labute approximate surface area is 126 Å². The van der Waals surface area contributed by atoms with Gasteiger partial charge in [0.05, 0.1) is 0 Å². The highest BCUT2D eigenvalue weighted by molar-refractivity contribution is 5.46. The van der Waals surface area contributed by atoms with E-state index in [1.165, 1.54) is 23.3 Å². The van der Waals surface area contributed by atoms with Gasteiger partial charge in [0.25, 0.3) is 0 Å². The summed E-state index contributed by atoms with van der Waals surface area (Å²) in [5.74, 6) is -0.214. The summed E-state index contributed by atoms with van der Waals surface area (Å²) in [4.78, 5) is 2.17. The molecule has 0 bridgehead atoms. The van der Waals surface area contributed by atoms with Crippen molar-refractivity contribution in [2.45, 2.75) is 26.8 Å². The number of likely N-dealkylation sites (N-methyl/N-ethyl adjacent to an activating group) is 1. The summed E-state index contributed by atoms with van der Waals surface area (Å²) in [6.45, 7) is 7.80. The topological polar surface area (TPSA) is 29.3 Å². The summed E-state index contributed by atoms with van der Waals surface area (Å²) in [6.07, 6.45) is 0. The Balaban J connectivity index is 2.15. The Morgan fingerprint density at radius 1 is 1.05 bits per heavy atom. The van der Waals surface area contributed by atoms with Crippen LogP contribution in [0.3, 0.4) is 0 Å². The van der Waals surface area contributed by atoms with Crippen LogP contribution in [0, 0.1) is 19.7 Å². The van der Waals surface area contributed by atoms with Crippen molar-refractivity contribution in [2.75, 3.05) is 18.0 Å². The molecule has 0 saturated carbocycles. The highest BCUT2D eigenvalue weighted by Crippen LogP contribution is 2.20. The highest BCUT2D eigenvalue weighted by atomic mass is 19.1. The van der Waals surface area contributed by atoms with Crippen molar-refractivity contribution in [3.8, 4) is 0 Å². The first-order chi connectivity index (χ1) is 9.99. The number of nitrogens with zero attached hydrogens (tertiary/aromatic N) is 1. The van der Waals surface area contributed by atoms with E-state index in [2.05, 4.69) is 43.9 Å². The smallest absolute Gasteiger partial charge is 0.123 e. The summed E-state index contributed by atoms with van der Waals surface area (Å²) >= 11 is 0. The standard InChI is InChI=1S/C18H23FN2/c1-4-21(17-7-5-16(19)6-8-17)12-18(20)15-10-13(2)9-14(3)11-15/h5-11,18H,4,12,20H2,1-3H3. The van der Waals surface area contributed by atoms with Crippen LogP contribution >= 0.6 is 0 Å². The molecule has 0 fully saturated rings. The predicted molar refractivity (Wildman–Crippen MR) is 87.1 cm³/mol. The molecule has 0 aliphatic heterocycles. The van der Waals surface area contributed by atoms with E-state index >= 15 is 0 Å². The van der Waals surface area contributed by atoms with Crippen LogP contribution in [0.15, 0.2) is 42.5 Å². The van der Waals surface area contributed by atoms with Crippen molar-refractivity contribution in [1.82, 2.24) is 0 Å². The Hall–Kier alpha value is -1.87. The lowest BCUT2D eigenvalue weighted by atomic mass is 10.0. The quantitative estimate of drug-likeness (QED) is 0.901. The lowest BCUT2D eigenvalue weighted by Crippen LogP contribution is -2.32. The molecular weight excluding hydrogens is 263 g/mol. The Morgan fingerprint density at radius 2 is 1.62 bits per heavy atom. The second-order valence-electron chi connectivity index (χ2n) is 5.54. The largest absolute Gasteiger partial charge is 0.370 e. The van der Waals surface area contributed by atoms with Crippen LogP contribution in [-0.4, -0.2) is 13.1 Å². The van der Waals surface area contributed by atoms with Gasteiger partial charge in [-0.15, -0.1) is 0 Å². The van der Waals surface area contributed by atoms with Gasteiger partial charge in [-0.3, -0.25) is 0 Å². The number of rotatable bonds is 5. The molecule has 1 unspecified atom stereocenters. The van der Waals surface area contributed by atoms with Crippen LogP contribution in [0.25, 0.3) is 0 Å². The second kappa shape index (κ2) is 6.72. The molecule has 112 valence electrons. The Kier molecular flexibility index (Phi) is 4.97. The molecule has 21 heavy (non-hydrogen) atoms. The van der Waals surface area contributed by atoms with Crippen LogP contribution in [0.5, 0.6) is 0 Å². The molecule has 2 aromatic carbocycles. The zero-order valence-electron chi connectivity index (χ0n) is 12.9. The molecule has 0 aliphatic carbocycles. The second-order valence-corrected chi connectivity index (χ2v) is 5.54. The van der Waals surface area contributed by atoms with Gasteiger partial charge < -0.3 is 10.6 Å². The van der Waals surface area contributed by atoms with E-state index in [1.54, 1.807) is 12.1 Å². The van der Waals surface area contributed by atoms with Gasteiger partial charge in [0, 0.05) is 24.8 Å². The summed E-state index contributed by atoms with van der Waals surface area (Å²) in [7, 11) is 0. The van der Waals surface area contributed by atoms with Gasteiger partial charge >= 0.3 is 0 Å². The SMILES string of the molecule is CCN(CC(N)c1cc(C)cc(C)c1)c1ccc(F)cc1. The lowest BCUT2D eigenvalue weighted by Gasteiger charge is -2.27. The number of anilines is 1. The molecule has 0 spiro atoms. The molecule has 0 radical (unpaired) electrons. The maximum absolute atomic E-state index is 13.0. The summed E-state index contributed by atoms with van der Waals surface area (Å²) < 4.78 is 13.0. The van der Waals surface area contributed by atoms with E-state index in [0.29, 0.717) is 6.54 Å². The first-order valence-electron chi connectivity index (χ1n) is 7.34. The molecular formula is C18H23FN2. The molecule has 2 aromatic rings. The van der Waals surface area contributed by atoms with Crippen LogP contribution < -0.4 is 10.6 Å². The average Bonchev–Trinajstić information content (AvgIpc) is 2.44. The van der Waals surface area contributed by atoms with Gasteiger partial charge in [0.1, 0.15) is 5.82 Å². The predicted octanol–water partition coefficient (Wildman–Crippen LogP) is 3.97. The molecule has 2 rings (SSSR count). The highest BCUT2D eigenvalue weighted by Gasteiger charge is 2.12. The minimum Gasteiger partial charge on any atom is -0.370 e. The lowest BCUT2D eigenvalue weighted by molar-refractivity contribution is 0.626. The molecule has 3 heteroatoms. The molecule has 0 aliphatic rings. The number of aryl methyl sites for hydroxylation is 2. The average molecular weight is 286 g/mol. The fourth-order valence-electron chi connectivity index (χ4n) is 2.64. The van der Waals surface area contributed by atoms with Crippen LogP contribution in [-0.2, 0) is 0 Å². The van der Waals surface area contributed by atoms with Gasteiger partial charge in [0.2, 0.25) is 0 Å². The molecule has 0 saturated heterocycles. The van der Waals surface area contributed by atoms with E-state index in [4.69, 9.17) is 5.73 Å². The van der Waals surface area contributed by atoms with E-state index in [1.807, 2.05) is 0 Å². The van der Waals surface area contributed by atoms with Gasteiger partial charge in [-0.2, -0.15) is 0 Å². The maximum atomic E-state index is 13.0. The zero-order chi connectivity index (χ0) is 15.4. The zero-order valence-corrected chi connectivity index (χ0v) is 12.9. The summed E-state index contributed by atoms with van der Waals surface area (Å²) in [6, 6.07) is 12.9. The van der Waals surface area contributed by atoms with E-state index in [9.17, 15) is 4.39 Å². The van der Waals surface area contributed by atoms with Crippen LogP contribution in [0.1, 0.15) is 29.7 Å². The molecule has 1 atom stereocenters. The summed E-state index contributed by atoms with van der Waals surface area (Å²) in [5.41, 5.74) is 11.0. The molecule has 2 nitrogen and oxygen atoms in total. The van der Waals surface area contributed by atoms with E-state index < -0.39 is 0 Å². The molecule has 0 aromatic heterocycles. The first kappa shape index (κ1) is 15.5. The monoisotopic (exact) mass is 286 g/mol. The van der Waals surface area contributed by atoms with Crippen LogP contribution in [0.2, 0.25) is 0 Å². The molecule has 0 heterocycles. The number of hydrogen-bond donors (Lipinski definition) is 1. The number of hydrogen-bond acceptors (Lipinski definition) is 2. The fourth-order valence-corrected chi connectivity index (χ4v) is 2.64. The van der Waals surface area contributed by atoms with E-state index in [-0.39, 0.29) is 11.9 Å². The normalized spacial score (nSPS) is 12.2. The van der Waals surface area contributed by atoms with Gasteiger partial charge in [0.15, 0.2) is 0 Å². The third kappa shape index (κ3) is 4.05. The minimum atomic E-state index is -0.214. The Morgan fingerprint density at radius 3 is 2.14 bits per heavy atom. The third-order valence-electron chi connectivity index (χ3n) is 3.66. The molecule has 2 N–H and O–H groups in total. The third-order valence-corrected chi connectivity index (χ3v) is 3.66. The van der Waals surface area contributed by atoms with Gasteiger partial charge in [-0.05, 0) is 50.6 Å². The van der Waals surface area contributed by atoms with Crippen LogP contribution in [0.4, 0.5) is 10.1 Å². The van der Waals surface area contributed by atoms with Gasteiger partial charge in [-0.1, -0.05) is 29.3 Å².